The second-order valence-electron chi connectivity index (χ2n) is 3.92. The van der Waals surface area contributed by atoms with Crippen LogP contribution >= 0.6 is 0 Å². The van der Waals surface area contributed by atoms with Gasteiger partial charge in [0, 0.05) is 37.4 Å². The van der Waals surface area contributed by atoms with Gasteiger partial charge in [0.2, 0.25) is 0 Å². The summed E-state index contributed by atoms with van der Waals surface area (Å²) in [6.45, 7) is 1.79. The number of phenolic OH excluding ortho intramolecular Hbond substituents is 1. The Bertz CT molecular complexity index is 356. The van der Waals surface area contributed by atoms with Crippen molar-refractivity contribution in [2.45, 2.75) is 6.42 Å². The largest absolute Gasteiger partial charge is 0.505 e. The minimum atomic E-state index is -0.600. The van der Waals surface area contributed by atoms with Crippen molar-refractivity contribution in [1.82, 2.24) is 0 Å². The van der Waals surface area contributed by atoms with E-state index in [9.17, 15) is 9.50 Å². The maximum Gasteiger partial charge on any atom is 0.164 e. The summed E-state index contributed by atoms with van der Waals surface area (Å²) >= 11 is 0. The van der Waals surface area contributed by atoms with Crippen molar-refractivity contribution in [3.05, 3.63) is 24.0 Å². The second-order valence-corrected chi connectivity index (χ2v) is 3.92. The Morgan fingerprint density at radius 3 is 2.87 bits per heavy atom. The van der Waals surface area contributed by atoms with E-state index in [-0.39, 0.29) is 18.3 Å². The van der Waals surface area contributed by atoms with E-state index in [1.54, 1.807) is 6.07 Å². The van der Waals surface area contributed by atoms with Crippen LogP contribution in [-0.2, 0) is 0 Å². The van der Waals surface area contributed by atoms with Crippen LogP contribution in [0.3, 0.4) is 0 Å². The minimum Gasteiger partial charge on any atom is -0.505 e. The van der Waals surface area contributed by atoms with Crippen LogP contribution in [0.25, 0.3) is 0 Å². The summed E-state index contributed by atoms with van der Waals surface area (Å²) in [6, 6.07) is 4.33. The molecule has 1 aromatic carbocycles. The van der Waals surface area contributed by atoms with Crippen molar-refractivity contribution in [3.63, 3.8) is 0 Å². The fourth-order valence-corrected chi connectivity index (χ4v) is 1.91. The SMILES string of the molecule is OCC1CCN(c2ccc(F)c(O)c2)C1. The predicted octanol–water partition coefficient (Wildman–Crippen LogP) is 1.35. The maximum absolute atomic E-state index is 12.8. The zero-order valence-electron chi connectivity index (χ0n) is 8.36. The van der Waals surface area contributed by atoms with E-state index in [0.717, 1.165) is 25.2 Å². The highest BCUT2D eigenvalue weighted by Gasteiger charge is 2.22. The third-order valence-electron chi connectivity index (χ3n) is 2.84. The molecule has 0 bridgehead atoms. The summed E-state index contributed by atoms with van der Waals surface area (Å²) in [5.41, 5.74) is 0.810. The number of hydrogen-bond acceptors (Lipinski definition) is 3. The summed E-state index contributed by atoms with van der Waals surface area (Å²) < 4.78 is 12.8. The van der Waals surface area contributed by atoms with Gasteiger partial charge in [0.15, 0.2) is 11.6 Å². The molecule has 1 fully saturated rings. The first kappa shape index (κ1) is 10.2. The van der Waals surface area contributed by atoms with Crippen molar-refractivity contribution >= 4 is 5.69 Å². The van der Waals surface area contributed by atoms with Gasteiger partial charge < -0.3 is 15.1 Å². The van der Waals surface area contributed by atoms with E-state index in [2.05, 4.69) is 0 Å². The van der Waals surface area contributed by atoms with E-state index in [1.165, 1.54) is 12.1 Å². The first-order valence-electron chi connectivity index (χ1n) is 5.05. The fraction of sp³-hybridized carbons (Fsp3) is 0.455. The van der Waals surface area contributed by atoms with Gasteiger partial charge in [-0.05, 0) is 18.6 Å². The highest BCUT2D eigenvalue weighted by Crippen LogP contribution is 2.27. The number of anilines is 1. The first-order chi connectivity index (χ1) is 7.20. The quantitative estimate of drug-likeness (QED) is 0.776. The topological polar surface area (TPSA) is 43.7 Å². The molecule has 1 atom stereocenters. The highest BCUT2D eigenvalue weighted by molar-refractivity contribution is 5.51. The predicted molar refractivity (Wildman–Crippen MR) is 55.5 cm³/mol. The number of benzene rings is 1. The van der Waals surface area contributed by atoms with Crippen LogP contribution in [0.4, 0.5) is 10.1 Å². The van der Waals surface area contributed by atoms with Gasteiger partial charge in [-0.2, -0.15) is 0 Å². The zero-order valence-corrected chi connectivity index (χ0v) is 8.36. The smallest absolute Gasteiger partial charge is 0.164 e. The van der Waals surface area contributed by atoms with Crippen LogP contribution in [0.2, 0.25) is 0 Å². The molecule has 1 saturated heterocycles. The molecule has 2 N–H and O–H groups in total. The normalized spacial score (nSPS) is 20.9. The van der Waals surface area contributed by atoms with E-state index < -0.39 is 5.82 Å². The van der Waals surface area contributed by atoms with Crippen molar-refractivity contribution in [2.24, 2.45) is 5.92 Å². The van der Waals surface area contributed by atoms with Gasteiger partial charge in [0.05, 0.1) is 0 Å². The molecule has 1 aliphatic rings. The average molecular weight is 211 g/mol. The summed E-state index contributed by atoms with van der Waals surface area (Å²) in [6.07, 6.45) is 0.939. The number of hydrogen-bond donors (Lipinski definition) is 2. The van der Waals surface area contributed by atoms with Crippen LogP contribution in [0, 0.1) is 11.7 Å². The molecular weight excluding hydrogens is 197 g/mol. The molecule has 1 unspecified atom stereocenters. The van der Waals surface area contributed by atoms with Gasteiger partial charge in [0.25, 0.3) is 0 Å². The van der Waals surface area contributed by atoms with Crippen molar-refractivity contribution in [2.75, 3.05) is 24.6 Å². The summed E-state index contributed by atoms with van der Waals surface area (Å²) in [5, 5.41) is 18.2. The Morgan fingerprint density at radius 2 is 2.27 bits per heavy atom. The average Bonchev–Trinajstić information content (AvgIpc) is 2.70. The lowest BCUT2D eigenvalue weighted by Crippen LogP contribution is -2.20. The summed E-state index contributed by atoms with van der Waals surface area (Å²) in [5.74, 6) is -0.631. The van der Waals surface area contributed by atoms with Gasteiger partial charge in [-0.1, -0.05) is 0 Å². The van der Waals surface area contributed by atoms with Gasteiger partial charge in [-0.25, -0.2) is 4.39 Å². The summed E-state index contributed by atoms with van der Waals surface area (Å²) in [7, 11) is 0. The Labute approximate surface area is 87.8 Å². The molecule has 0 spiro atoms. The Balaban J connectivity index is 2.13. The van der Waals surface area contributed by atoms with E-state index in [1.807, 2.05) is 4.90 Å². The number of aromatic hydroxyl groups is 1. The molecule has 3 nitrogen and oxygen atoms in total. The van der Waals surface area contributed by atoms with Crippen LogP contribution in [0.5, 0.6) is 5.75 Å². The van der Waals surface area contributed by atoms with Gasteiger partial charge in [-0.15, -0.1) is 0 Å². The highest BCUT2D eigenvalue weighted by atomic mass is 19.1. The van der Waals surface area contributed by atoms with Crippen LogP contribution < -0.4 is 4.90 Å². The number of aliphatic hydroxyl groups excluding tert-OH is 1. The Kier molecular flexibility index (Phi) is 2.77. The molecule has 1 heterocycles. The molecule has 82 valence electrons. The minimum absolute atomic E-state index is 0.184. The number of nitrogens with zero attached hydrogens (tertiary/aromatic N) is 1. The van der Waals surface area contributed by atoms with Crippen molar-refractivity contribution in [1.29, 1.82) is 0 Å². The number of halogens is 1. The lowest BCUT2D eigenvalue weighted by Gasteiger charge is -2.18. The van der Waals surface area contributed by atoms with Gasteiger partial charge in [0.1, 0.15) is 0 Å². The Morgan fingerprint density at radius 1 is 1.47 bits per heavy atom. The standard InChI is InChI=1S/C11H14FNO2/c12-10-2-1-9(5-11(10)15)13-4-3-8(6-13)7-14/h1-2,5,8,14-15H,3-4,6-7H2. The maximum atomic E-state index is 12.8. The molecular formula is C11H14FNO2. The number of rotatable bonds is 2. The Hall–Kier alpha value is -1.29. The van der Waals surface area contributed by atoms with E-state index in [4.69, 9.17) is 5.11 Å². The third kappa shape index (κ3) is 2.04. The lowest BCUT2D eigenvalue weighted by molar-refractivity contribution is 0.238. The molecule has 2 rings (SSSR count). The molecule has 0 amide bonds. The zero-order chi connectivity index (χ0) is 10.8. The summed E-state index contributed by atoms with van der Waals surface area (Å²) in [4.78, 5) is 2.04. The van der Waals surface area contributed by atoms with Gasteiger partial charge >= 0.3 is 0 Å². The van der Waals surface area contributed by atoms with Crippen molar-refractivity contribution in [3.8, 4) is 5.75 Å². The fourth-order valence-electron chi connectivity index (χ4n) is 1.91. The first-order valence-corrected chi connectivity index (χ1v) is 5.05. The molecule has 0 aliphatic carbocycles. The van der Waals surface area contributed by atoms with Gasteiger partial charge in [-0.3, -0.25) is 0 Å². The number of phenols is 1. The lowest BCUT2D eigenvalue weighted by atomic mass is 10.1. The van der Waals surface area contributed by atoms with Crippen LogP contribution in [0.1, 0.15) is 6.42 Å². The molecule has 1 aromatic rings. The van der Waals surface area contributed by atoms with E-state index in [0.29, 0.717) is 0 Å². The van der Waals surface area contributed by atoms with Crippen molar-refractivity contribution < 1.29 is 14.6 Å². The molecule has 15 heavy (non-hydrogen) atoms. The molecule has 0 radical (unpaired) electrons. The van der Waals surface area contributed by atoms with Crippen LogP contribution in [0.15, 0.2) is 18.2 Å². The van der Waals surface area contributed by atoms with E-state index >= 15 is 0 Å². The molecule has 1 aliphatic heterocycles. The second kappa shape index (κ2) is 4.06. The monoisotopic (exact) mass is 211 g/mol. The van der Waals surface area contributed by atoms with Crippen LogP contribution in [-0.4, -0.2) is 29.9 Å². The third-order valence-corrected chi connectivity index (χ3v) is 2.84. The molecule has 4 heteroatoms. The molecule has 0 aromatic heterocycles. The molecule has 0 saturated carbocycles. The number of aliphatic hydroxyl groups is 1.